The largest absolute Gasteiger partial charge is 0.435 e. The number of benzene rings is 2. The first-order valence-corrected chi connectivity index (χ1v) is 8.99. The molecule has 1 saturated heterocycles. The molecule has 1 aliphatic heterocycles. The molecule has 1 aromatic heterocycles. The number of hydrogen-bond donors (Lipinski definition) is 0. The lowest BCUT2D eigenvalue weighted by Gasteiger charge is -2.37. The van der Waals surface area contributed by atoms with Crippen molar-refractivity contribution in [2.45, 2.75) is 19.6 Å². The van der Waals surface area contributed by atoms with Gasteiger partial charge >= 0.3 is 6.61 Å². The highest BCUT2D eigenvalue weighted by atomic mass is 19.3. The summed E-state index contributed by atoms with van der Waals surface area (Å²) in [6.45, 7) is 2.71. The highest BCUT2D eigenvalue weighted by Gasteiger charge is 2.24. The van der Waals surface area contributed by atoms with Crippen LogP contribution in [0.4, 0.5) is 14.8 Å². The maximum atomic E-state index is 12.3. The van der Waals surface area contributed by atoms with Gasteiger partial charge in [-0.1, -0.05) is 24.3 Å². The third-order valence-electron chi connectivity index (χ3n) is 5.00. The Morgan fingerprint density at radius 2 is 1.70 bits per heavy atom. The van der Waals surface area contributed by atoms with Gasteiger partial charge in [-0.2, -0.15) is 13.8 Å². The number of nitrogens with zero attached hydrogens (tertiary/aromatic N) is 3. The standard InChI is InChI=1S/C20H21F2N3O2/c1-14(15-6-8-16(9-7-15)26-19(21)22)24-10-12-25(13-11-24)20-23-17-4-2-3-5-18(17)27-20/h2-9,14,19H,10-13H2,1H3. The Kier molecular flexibility index (Phi) is 4.94. The van der Waals surface area contributed by atoms with Gasteiger partial charge < -0.3 is 14.1 Å². The van der Waals surface area contributed by atoms with Gasteiger partial charge in [0.25, 0.3) is 6.01 Å². The average molecular weight is 373 g/mol. The van der Waals surface area contributed by atoms with Crippen LogP contribution in [0.5, 0.6) is 5.75 Å². The molecule has 0 saturated carbocycles. The van der Waals surface area contributed by atoms with E-state index in [0.717, 1.165) is 42.8 Å². The van der Waals surface area contributed by atoms with Crippen molar-refractivity contribution in [3.8, 4) is 5.75 Å². The SMILES string of the molecule is CC(c1ccc(OC(F)F)cc1)N1CCN(c2nc3ccccc3o2)CC1. The smallest absolute Gasteiger partial charge is 0.387 e. The number of anilines is 1. The molecule has 1 fully saturated rings. The van der Waals surface area contributed by atoms with Crippen LogP contribution in [0.2, 0.25) is 0 Å². The zero-order valence-electron chi connectivity index (χ0n) is 15.0. The molecule has 142 valence electrons. The minimum atomic E-state index is -2.80. The molecule has 1 aliphatic rings. The maximum Gasteiger partial charge on any atom is 0.387 e. The van der Waals surface area contributed by atoms with Crippen molar-refractivity contribution < 1.29 is 17.9 Å². The molecule has 0 aliphatic carbocycles. The van der Waals surface area contributed by atoms with Gasteiger partial charge in [-0.25, -0.2) is 0 Å². The van der Waals surface area contributed by atoms with Gasteiger partial charge in [0.15, 0.2) is 5.58 Å². The summed E-state index contributed by atoms with van der Waals surface area (Å²) in [5.41, 5.74) is 2.75. The van der Waals surface area contributed by atoms with Crippen molar-refractivity contribution in [2.24, 2.45) is 0 Å². The number of para-hydroxylation sites is 2. The third kappa shape index (κ3) is 3.88. The third-order valence-corrected chi connectivity index (χ3v) is 5.00. The van der Waals surface area contributed by atoms with Gasteiger partial charge in [0.05, 0.1) is 0 Å². The van der Waals surface area contributed by atoms with Crippen LogP contribution in [0.25, 0.3) is 11.1 Å². The zero-order valence-corrected chi connectivity index (χ0v) is 15.0. The van der Waals surface area contributed by atoms with Crippen LogP contribution in [-0.2, 0) is 0 Å². The second kappa shape index (κ2) is 7.52. The highest BCUT2D eigenvalue weighted by Crippen LogP contribution is 2.27. The molecule has 3 aromatic rings. The predicted octanol–water partition coefficient (Wildman–Crippen LogP) is 4.31. The van der Waals surface area contributed by atoms with Crippen LogP contribution < -0.4 is 9.64 Å². The minimum Gasteiger partial charge on any atom is -0.435 e. The Morgan fingerprint density at radius 1 is 1.00 bits per heavy atom. The molecule has 0 amide bonds. The van der Waals surface area contributed by atoms with E-state index in [1.54, 1.807) is 12.1 Å². The van der Waals surface area contributed by atoms with Gasteiger partial charge in [-0.15, -0.1) is 0 Å². The van der Waals surface area contributed by atoms with Gasteiger partial charge in [0.1, 0.15) is 11.3 Å². The Hall–Kier alpha value is -2.67. The van der Waals surface area contributed by atoms with Crippen molar-refractivity contribution in [3.05, 3.63) is 54.1 Å². The van der Waals surface area contributed by atoms with Gasteiger partial charge in [0, 0.05) is 32.2 Å². The second-order valence-corrected chi connectivity index (χ2v) is 6.61. The van der Waals surface area contributed by atoms with E-state index in [1.165, 1.54) is 0 Å². The van der Waals surface area contributed by atoms with Crippen molar-refractivity contribution in [1.29, 1.82) is 0 Å². The van der Waals surface area contributed by atoms with E-state index in [4.69, 9.17) is 4.42 Å². The fourth-order valence-electron chi connectivity index (χ4n) is 3.43. The van der Waals surface area contributed by atoms with Gasteiger partial charge in [0.2, 0.25) is 0 Å². The molecule has 2 heterocycles. The number of fused-ring (bicyclic) bond motifs is 1. The van der Waals surface area contributed by atoms with Gasteiger partial charge in [-0.05, 0) is 36.8 Å². The molecule has 27 heavy (non-hydrogen) atoms. The maximum absolute atomic E-state index is 12.3. The van der Waals surface area contributed by atoms with Crippen molar-refractivity contribution in [1.82, 2.24) is 9.88 Å². The Bertz CT molecular complexity index is 857. The molecule has 5 nitrogen and oxygen atoms in total. The van der Waals surface area contributed by atoms with E-state index >= 15 is 0 Å². The fourth-order valence-corrected chi connectivity index (χ4v) is 3.43. The van der Waals surface area contributed by atoms with Crippen molar-refractivity contribution in [3.63, 3.8) is 0 Å². The number of rotatable bonds is 5. The Balaban J connectivity index is 1.38. The summed E-state index contributed by atoms with van der Waals surface area (Å²) in [4.78, 5) is 9.08. The number of oxazole rings is 1. The minimum absolute atomic E-state index is 0.182. The van der Waals surface area contributed by atoms with E-state index in [9.17, 15) is 8.78 Å². The van der Waals surface area contributed by atoms with Crippen LogP contribution >= 0.6 is 0 Å². The summed E-state index contributed by atoms with van der Waals surface area (Å²) in [5, 5.41) is 0. The molecule has 2 aromatic carbocycles. The van der Waals surface area contributed by atoms with Crippen LogP contribution in [-0.4, -0.2) is 42.7 Å². The number of hydrogen-bond acceptors (Lipinski definition) is 5. The van der Waals surface area contributed by atoms with E-state index in [-0.39, 0.29) is 11.8 Å². The zero-order chi connectivity index (χ0) is 18.8. The van der Waals surface area contributed by atoms with Crippen LogP contribution in [0.3, 0.4) is 0 Å². The monoisotopic (exact) mass is 373 g/mol. The number of aromatic nitrogens is 1. The first-order valence-electron chi connectivity index (χ1n) is 8.99. The summed E-state index contributed by atoms with van der Waals surface area (Å²) < 4.78 is 34.8. The van der Waals surface area contributed by atoms with Crippen LogP contribution in [0.1, 0.15) is 18.5 Å². The normalized spacial score (nSPS) is 16.8. The van der Waals surface area contributed by atoms with E-state index in [1.807, 2.05) is 36.4 Å². The summed E-state index contributed by atoms with van der Waals surface area (Å²) in [5.74, 6) is 0.182. The number of piperazine rings is 1. The van der Waals surface area contributed by atoms with E-state index < -0.39 is 6.61 Å². The molecule has 4 rings (SSSR count). The quantitative estimate of drug-likeness (QED) is 0.667. The average Bonchev–Trinajstić information content (AvgIpc) is 3.12. The van der Waals surface area contributed by atoms with E-state index in [2.05, 4.69) is 26.4 Å². The topological polar surface area (TPSA) is 41.7 Å². The molecule has 0 bridgehead atoms. The van der Waals surface area contributed by atoms with E-state index in [0.29, 0.717) is 6.01 Å². The lowest BCUT2D eigenvalue weighted by atomic mass is 10.1. The van der Waals surface area contributed by atoms with Gasteiger partial charge in [-0.3, -0.25) is 4.90 Å². The van der Waals surface area contributed by atoms with Crippen molar-refractivity contribution >= 4 is 17.1 Å². The predicted molar refractivity (Wildman–Crippen MR) is 99.3 cm³/mol. The number of ether oxygens (including phenoxy) is 1. The highest BCUT2D eigenvalue weighted by molar-refractivity contribution is 5.74. The van der Waals surface area contributed by atoms with Crippen LogP contribution in [0.15, 0.2) is 52.9 Å². The first-order chi connectivity index (χ1) is 13.1. The molecule has 7 heteroatoms. The summed E-state index contributed by atoms with van der Waals surface area (Å²) in [7, 11) is 0. The molecule has 0 radical (unpaired) electrons. The second-order valence-electron chi connectivity index (χ2n) is 6.61. The molecular formula is C20H21F2N3O2. The molecule has 1 unspecified atom stereocenters. The Labute approximate surface area is 156 Å². The summed E-state index contributed by atoms with van der Waals surface area (Å²) >= 11 is 0. The first kappa shape index (κ1) is 17.7. The fraction of sp³-hybridized carbons (Fsp3) is 0.350. The van der Waals surface area contributed by atoms with Crippen molar-refractivity contribution in [2.75, 3.05) is 31.1 Å². The molecular weight excluding hydrogens is 352 g/mol. The lowest BCUT2D eigenvalue weighted by Crippen LogP contribution is -2.47. The molecule has 0 N–H and O–H groups in total. The number of alkyl halides is 2. The lowest BCUT2D eigenvalue weighted by molar-refractivity contribution is -0.0498. The number of halogens is 2. The van der Waals surface area contributed by atoms with Crippen LogP contribution in [0, 0.1) is 0 Å². The summed E-state index contributed by atoms with van der Waals surface area (Å²) in [6.07, 6.45) is 0. The Morgan fingerprint density at radius 3 is 2.37 bits per heavy atom. The molecule has 0 spiro atoms. The molecule has 1 atom stereocenters. The summed E-state index contributed by atoms with van der Waals surface area (Å²) in [6, 6.07) is 15.5.